The van der Waals surface area contributed by atoms with Gasteiger partial charge in [-0.25, -0.2) is 0 Å². The number of nitrogens with zero attached hydrogens (tertiary/aromatic N) is 5. The molecule has 0 aromatic rings. The van der Waals surface area contributed by atoms with Crippen molar-refractivity contribution in [2.24, 2.45) is 5.40 Å². The quantitative estimate of drug-likeness (QED) is 0.159. The van der Waals surface area contributed by atoms with E-state index in [1.807, 2.05) is 34.0 Å². The first-order valence-electron chi connectivity index (χ1n) is 19.5. The van der Waals surface area contributed by atoms with Crippen molar-refractivity contribution >= 4 is 121 Å². The van der Waals surface area contributed by atoms with E-state index in [9.17, 15) is 0 Å². The molecule has 1 fully saturated rings. The van der Waals surface area contributed by atoms with Crippen LogP contribution in [-0.2, 0) is 4.74 Å². The van der Waals surface area contributed by atoms with Crippen LogP contribution in [0.5, 0.6) is 0 Å². The average Bonchev–Trinajstić information content (AvgIpc) is 2.88. The van der Waals surface area contributed by atoms with Gasteiger partial charge in [-0.05, 0) is 87.4 Å². The molecule has 55 heavy (non-hydrogen) atoms. The van der Waals surface area contributed by atoms with Crippen LogP contribution in [0.3, 0.4) is 0 Å². The third kappa shape index (κ3) is 48.5. The fourth-order valence-corrected chi connectivity index (χ4v) is 49.7. The van der Waals surface area contributed by atoms with Gasteiger partial charge in [-0.15, -0.1) is 33.2 Å². The fraction of sp³-hybridized carbons (Fsp3) is 1.00. The van der Waals surface area contributed by atoms with Gasteiger partial charge in [0, 0.05) is 13.2 Å². The third-order valence-corrected chi connectivity index (χ3v) is 58.7. The smallest absolute Gasteiger partial charge is 0.146 e. The molecule has 0 unspecified atom stereocenters. The summed E-state index contributed by atoms with van der Waals surface area (Å²) in [6.07, 6.45) is 0. The Balaban J connectivity index is -0.000000101. The molecule has 1 aliphatic heterocycles. The van der Waals surface area contributed by atoms with Crippen molar-refractivity contribution in [2.45, 2.75) is 158 Å². The van der Waals surface area contributed by atoms with Crippen LogP contribution < -0.4 is 33.9 Å². The molecule has 0 amide bonds. The van der Waals surface area contributed by atoms with Crippen molar-refractivity contribution in [1.29, 1.82) is 0 Å². The Labute approximate surface area is 390 Å². The molecule has 4 N–H and O–H groups in total. The molecule has 0 saturated carbocycles. The molecule has 0 aromatic carbocycles. The molecule has 23 heteroatoms. The predicted octanol–water partition coefficient (Wildman–Crippen LogP) is 7.04. The second-order valence-electron chi connectivity index (χ2n) is 20.3. The van der Waals surface area contributed by atoms with Gasteiger partial charge >= 0.3 is 97.9 Å². The van der Waals surface area contributed by atoms with Crippen LogP contribution >= 0.6 is 33.2 Å². The van der Waals surface area contributed by atoms with Gasteiger partial charge in [-0.3, -0.25) is 0 Å². The number of ether oxygens (including phenoxy) is 1. The van der Waals surface area contributed by atoms with E-state index in [0.717, 1.165) is 13.2 Å². The van der Waals surface area contributed by atoms with Crippen LogP contribution in [0, 0.1) is 0 Å². The summed E-state index contributed by atoms with van der Waals surface area (Å²) in [4.78, 5) is 3.36. The molecule has 0 spiro atoms. The van der Waals surface area contributed by atoms with Crippen LogP contribution in [0.25, 0.3) is 5.32 Å². The van der Waals surface area contributed by atoms with Crippen molar-refractivity contribution in [1.82, 2.24) is 24.8 Å². The molecule has 336 valence electrons. The summed E-state index contributed by atoms with van der Waals surface area (Å²) >= 11 is 16.7. The summed E-state index contributed by atoms with van der Waals surface area (Å²) < 4.78 is 19.1. The molecule has 9 nitrogen and oxygen atoms in total. The first kappa shape index (κ1) is 73.0. The summed E-state index contributed by atoms with van der Waals surface area (Å²) in [5, 5.41) is 9.56. The largest absolute Gasteiger partial charge is 1.00 e. The van der Waals surface area contributed by atoms with Crippen molar-refractivity contribution in [3.8, 4) is 0 Å². The fourth-order valence-electron chi connectivity index (χ4n) is 4.59. The Morgan fingerprint density at radius 3 is 1.04 bits per heavy atom. The molecule has 1 heterocycles. The third-order valence-electron chi connectivity index (χ3n) is 8.15. The SMILES string of the molecule is CCOCC.CN([Si](C)(C)C)[Si](C)(C)Cl.CN([Si](C)(C)C)[Si](C)(C)N.CN[Si](C)(C)N[Si](C)(C)C.C[N-]C.C[N]1[GeH2][N]([Si](C)(C)C)[Si]1(C)C.C[Si](C)(Cl)Cl.[Li+]. The number of rotatable bonds is 10. The second-order valence-corrected chi connectivity index (χ2v) is 77.1. The van der Waals surface area contributed by atoms with E-state index in [1.165, 1.54) is 0 Å². The minimum atomic E-state index is -1.67. The first-order valence-corrected chi connectivity index (χ1v) is 53.9. The molecule has 1 rings (SSSR count). The van der Waals surface area contributed by atoms with E-state index < -0.39 is 88.2 Å². The van der Waals surface area contributed by atoms with E-state index in [0.29, 0.717) is 0 Å². The molecule has 0 radical (unpaired) electrons. The topological polar surface area (TPSA) is 86.4 Å². The van der Waals surface area contributed by atoms with E-state index >= 15 is 0 Å². The van der Waals surface area contributed by atoms with Crippen molar-refractivity contribution in [3.63, 3.8) is 0 Å². The minimum Gasteiger partial charge on any atom is -0.146 e. The van der Waals surface area contributed by atoms with Crippen LogP contribution in [-0.4, -0.2) is 159 Å². The summed E-state index contributed by atoms with van der Waals surface area (Å²) in [6, 6.07) is 0. The molecule has 0 bridgehead atoms. The maximum atomic E-state index is 6.27. The van der Waals surface area contributed by atoms with Gasteiger partial charge in [0.05, 0.1) is 0 Å². The number of nitrogens with one attached hydrogen (secondary N) is 2. The van der Waals surface area contributed by atoms with Gasteiger partial charge in [0.1, 0.15) is 24.7 Å². The molecular formula is C32H100Cl3GeLiN8OSi9. The standard InChI is InChI=1S/C6H18ClNSi2.C6H20GeN2Si2.2C6H20N2Si2.C4H10O.C2H6Cl2Si.C2H6N.Li/c1-8(9(2,3)4)10(5,6)7;1-8-7-9(10(2,3)4)11(8,5)6;1-8(9(2,3)4)10(5,6)7;1-7-10(5,6)8-9(2,3)4;1-3-5-4-2;1-5(2,3)4;1-3-2;/h1-6H3;7H2,1-6H3;7H2,1-6H3;7-8H,1-6H3;3-4H2,1-2H3;1-2H3;1-2H3;/q;;;;;;-1;+1. The van der Waals surface area contributed by atoms with Crippen LogP contribution in [0.15, 0.2) is 0 Å². The van der Waals surface area contributed by atoms with Gasteiger partial charge in [0.15, 0.2) is 16.8 Å². The molecule has 1 saturated heterocycles. The normalized spacial score (nSPS) is 15.7. The van der Waals surface area contributed by atoms with E-state index in [1.54, 1.807) is 14.1 Å². The maximum Gasteiger partial charge on any atom is 1.00 e. The Bertz CT molecular complexity index is 859. The van der Waals surface area contributed by atoms with Gasteiger partial charge in [0.2, 0.25) is 14.2 Å². The minimum absolute atomic E-state index is 0. The number of hydrogen-bond donors (Lipinski definition) is 3. The molecule has 0 aromatic heterocycles. The Morgan fingerprint density at radius 2 is 1.00 bits per heavy atom. The van der Waals surface area contributed by atoms with Crippen LogP contribution in [0.2, 0.25) is 144 Å². The Kier molecular flexibility index (Phi) is 41.8. The zero-order chi connectivity index (χ0) is 45.8. The zero-order valence-electron chi connectivity index (χ0n) is 43.0. The van der Waals surface area contributed by atoms with Crippen LogP contribution in [0.4, 0.5) is 0 Å². The number of hydrogen-bond acceptors (Lipinski definition) is 8. The van der Waals surface area contributed by atoms with Crippen LogP contribution in [0.1, 0.15) is 13.8 Å². The average molecular weight is 1050 g/mol. The molecular weight excluding hydrogens is 951 g/mol. The number of halogens is 3. The van der Waals surface area contributed by atoms with E-state index in [-0.39, 0.29) is 18.9 Å². The summed E-state index contributed by atoms with van der Waals surface area (Å²) in [6.45, 7) is 54.4. The summed E-state index contributed by atoms with van der Waals surface area (Å²) in [7, 11) is 2.68. The Hall–Kier alpha value is 3.60. The van der Waals surface area contributed by atoms with Gasteiger partial charge in [-0.1, -0.05) is 58.9 Å². The van der Waals surface area contributed by atoms with E-state index in [2.05, 4.69) is 182 Å². The number of nitrogens with two attached hydrogens (primary N) is 1. The molecule has 0 aliphatic carbocycles. The summed E-state index contributed by atoms with van der Waals surface area (Å²) in [5.41, 5.74) is 0. The zero-order valence-corrected chi connectivity index (χ0v) is 57.2. The van der Waals surface area contributed by atoms with Gasteiger partial charge in [-0.2, -0.15) is 14.1 Å². The Morgan fingerprint density at radius 1 is 0.709 bits per heavy atom. The second kappa shape index (κ2) is 31.5. The van der Waals surface area contributed by atoms with Crippen molar-refractivity contribution < 1.29 is 23.6 Å². The monoisotopic (exact) mass is 1050 g/mol. The first-order chi connectivity index (χ1) is 23.2. The van der Waals surface area contributed by atoms with Crippen molar-refractivity contribution in [3.05, 3.63) is 5.32 Å². The van der Waals surface area contributed by atoms with Gasteiger partial charge in [0.25, 0.3) is 0 Å². The maximum absolute atomic E-state index is 6.27. The summed E-state index contributed by atoms with van der Waals surface area (Å²) in [5.74, 6) is 0. The van der Waals surface area contributed by atoms with E-state index in [4.69, 9.17) is 43.4 Å². The van der Waals surface area contributed by atoms with Gasteiger partial charge < -0.3 is 33.5 Å². The predicted molar refractivity (Wildman–Crippen MR) is 286 cm³/mol. The van der Waals surface area contributed by atoms with Crippen molar-refractivity contribution in [2.75, 3.05) is 55.5 Å². The molecule has 1 aliphatic rings. The molecule has 0 atom stereocenters.